The third-order valence-electron chi connectivity index (χ3n) is 3.31. The summed E-state index contributed by atoms with van der Waals surface area (Å²) in [4.78, 5) is 30.2. The van der Waals surface area contributed by atoms with Crippen LogP contribution in [-0.2, 0) is 11.2 Å². The third kappa shape index (κ3) is 4.22. The highest BCUT2D eigenvalue weighted by Crippen LogP contribution is 2.22. The van der Waals surface area contributed by atoms with Crippen molar-refractivity contribution in [3.05, 3.63) is 52.0 Å². The molecule has 2 aromatic rings. The van der Waals surface area contributed by atoms with Crippen molar-refractivity contribution in [1.82, 2.24) is 9.97 Å². The van der Waals surface area contributed by atoms with E-state index in [0.717, 1.165) is 11.8 Å². The molecule has 0 aliphatic heterocycles. The Bertz CT molecular complexity index is 730. The molecule has 1 heterocycles. The zero-order valence-electron chi connectivity index (χ0n) is 12.8. The molecule has 0 aliphatic carbocycles. The molecule has 8 heteroatoms. The second-order valence-electron chi connectivity index (χ2n) is 5.16. The van der Waals surface area contributed by atoms with Crippen molar-refractivity contribution in [3.8, 4) is 0 Å². The highest BCUT2D eigenvalue weighted by atomic mass is 16.6. The number of hydrogen-bond acceptors (Lipinski definition) is 7. The van der Waals surface area contributed by atoms with Crippen molar-refractivity contribution in [1.29, 1.82) is 0 Å². The van der Waals surface area contributed by atoms with Crippen molar-refractivity contribution >= 4 is 23.0 Å². The number of rotatable bonds is 6. The Morgan fingerprint density at radius 2 is 2.04 bits per heavy atom. The number of nitrogens with zero attached hydrogens (tertiary/aromatic N) is 3. The average molecular weight is 315 g/mol. The van der Waals surface area contributed by atoms with Crippen LogP contribution in [0.5, 0.6) is 0 Å². The summed E-state index contributed by atoms with van der Waals surface area (Å²) >= 11 is 0. The summed E-state index contributed by atoms with van der Waals surface area (Å²) < 4.78 is 0. The van der Waals surface area contributed by atoms with E-state index in [9.17, 15) is 14.9 Å². The van der Waals surface area contributed by atoms with E-state index in [4.69, 9.17) is 5.73 Å². The van der Waals surface area contributed by atoms with E-state index in [1.54, 1.807) is 19.1 Å². The van der Waals surface area contributed by atoms with Crippen LogP contribution in [0.1, 0.15) is 18.3 Å². The van der Waals surface area contributed by atoms with Crippen molar-refractivity contribution in [3.63, 3.8) is 0 Å². The fraction of sp³-hybridized carbons (Fsp3) is 0.267. The maximum Gasteiger partial charge on any atom is 0.329 e. The number of aryl methyl sites for hydroxylation is 1. The number of nitrogens with two attached hydrogens (primary N) is 1. The van der Waals surface area contributed by atoms with Crippen LogP contribution in [0.25, 0.3) is 0 Å². The normalized spacial score (nSPS) is 11.7. The molecule has 120 valence electrons. The molecule has 23 heavy (non-hydrogen) atoms. The van der Waals surface area contributed by atoms with Crippen LogP contribution in [0.2, 0.25) is 0 Å². The maximum atomic E-state index is 11.9. The molecule has 1 atom stereocenters. The quantitative estimate of drug-likeness (QED) is 0.474. The van der Waals surface area contributed by atoms with Crippen LogP contribution < -0.4 is 11.1 Å². The highest BCUT2D eigenvalue weighted by molar-refractivity contribution is 5.85. The first kappa shape index (κ1) is 16.3. The maximum absolute atomic E-state index is 11.9. The van der Waals surface area contributed by atoms with Gasteiger partial charge in [-0.15, -0.1) is 0 Å². The predicted octanol–water partition coefficient (Wildman–Crippen LogP) is 1.89. The minimum absolute atomic E-state index is 0.0399. The summed E-state index contributed by atoms with van der Waals surface area (Å²) in [7, 11) is 0. The van der Waals surface area contributed by atoms with E-state index >= 15 is 0 Å². The molecular formula is C15H17N5O3. The largest absolute Gasteiger partial charge is 0.399 e. The summed E-state index contributed by atoms with van der Waals surface area (Å²) in [6, 6.07) is 6.47. The minimum Gasteiger partial charge on any atom is -0.399 e. The zero-order valence-corrected chi connectivity index (χ0v) is 12.8. The number of anilines is 2. The van der Waals surface area contributed by atoms with E-state index in [2.05, 4.69) is 15.3 Å². The molecule has 0 radical (unpaired) electrons. The van der Waals surface area contributed by atoms with Crippen LogP contribution in [0.15, 0.2) is 30.5 Å². The molecule has 0 fully saturated rings. The molecule has 0 saturated heterocycles. The summed E-state index contributed by atoms with van der Waals surface area (Å²) in [5, 5.41) is 13.9. The van der Waals surface area contributed by atoms with Crippen molar-refractivity contribution in [2.75, 3.05) is 11.1 Å². The number of nitrogen functional groups attached to an aromatic ring is 1. The summed E-state index contributed by atoms with van der Waals surface area (Å²) in [6.07, 6.45) is 1.50. The van der Waals surface area contributed by atoms with Gasteiger partial charge in [-0.25, -0.2) is 9.97 Å². The molecule has 8 nitrogen and oxygen atoms in total. The molecule has 1 aromatic carbocycles. The fourth-order valence-corrected chi connectivity index (χ4v) is 2.05. The number of hydrogen-bond donors (Lipinski definition) is 2. The fourth-order valence-electron chi connectivity index (χ4n) is 2.05. The lowest BCUT2D eigenvalue weighted by molar-refractivity contribution is -0.384. The van der Waals surface area contributed by atoms with Crippen LogP contribution in [0.4, 0.5) is 17.2 Å². The number of aromatic nitrogens is 2. The first-order valence-electron chi connectivity index (χ1n) is 6.96. The number of nitrogens with one attached hydrogen (secondary N) is 1. The lowest BCUT2D eigenvalue weighted by Gasteiger charge is -2.16. The third-order valence-corrected chi connectivity index (χ3v) is 3.31. The van der Waals surface area contributed by atoms with Gasteiger partial charge in [-0.3, -0.25) is 14.9 Å². The minimum atomic E-state index is -0.633. The summed E-state index contributed by atoms with van der Waals surface area (Å²) in [5.74, 6) is 0.276. The second-order valence-corrected chi connectivity index (χ2v) is 5.16. The smallest absolute Gasteiger partial charge is 0.329 e. The number of nitro groups is 1. The number of ketones is 1. The highest BCUT2D eigenvalue weighted by Gasteiger charge is 2.22. The van der Waals surface area contributed by atoms with Gasteiger partial charge in [0.15, 0.2) is 5.78 Å². The van der Waals surface area contributed by atoms with E-state index in [1.807, 2.05) is 12.1 Å². The van der Waals surface area contributed by atoms with Gasteiger partial charge in [0.2, 0.25) is 5.82 Å². The topological polar surface area (TPSA) is 124 Å². The standard InChI is InChI=1S/C15H17N5O3/c1-9(21)13(7-11-3-5-12(16)6-4-11)19-15-14(20(22)23)8-17-10(2)18-15/h3-6,8,13H,7,16H2,1-2H3,(H,17,18,19)/t13-/m0/s1. The molecular weight excluding hydrogens is 298 g/mol. The average Bonchev–Trinajstić information content (AvgIpc) is 2.48. The van der Waals surface area contributed by atoms with Crippen LogP contribution in [-0.4, -0.2) is 26.7 Å². The molecule has 3 N–H and O–H groups in total. The van der Waals surface area contributed by atoms with Gasteiger partial charge >= 0.3 is 5.69 Å². The van der Waals surface area contributed by atoms with Crippen molar-refractivity contribution in [2.45, 2.75) is 26.3 Å². The molecule has 0 aliphatic rings. The number of carbonyl (C=O) groups is 1. The lowest BCUT2D eigenvalue weighted by atomic mass is 10.0. The molecule has 0 amide bonds. The van der Waals surface area contributed by atoms with E-state index in [-0.39, 0.29) is 17.3 Å². The monoisotopic (exact) mass is 315 g/mol. The summed E-state index contributed by atoms with van der Waals surface area (Å²) in [5.41, 5.74) is 6.89. The van der Waals surface area contributed by atoms with Gasteiger partial charge in [0, 0.05) is 5.69 Å². The molecule has 0 unspecified atom stereocenters. The van der Waals surface area contributed by atoms with Gasteiger partial charge in [0.25, 0.3) is 0 Å². The Hall–Kier alpha value is -3.03. The van der Waals surface area contributed by atoms with Gasteiger partial charge in [-0.05, 0) is 38.0 Å². The van der Waals surface area contributed by atoms with E-state index < -0.39 is 11.0 Å². The summed E-state index contributed by atoms with van der Waals surface area (Å²) in [6.45, 7) is 3.05. The van der Waals surface area contributed by atoms with Crippen molar-refractivity contribution < 1.29 is 9.72 Å². The number of Topliss-reactive ketones (excluding diaryl/α,β-unsaturated/α-hetero) is 1. The van der Waals surface area contributed by atoms with Gasteiger partial charge in [0.05, 0.1) is 11.0 Å². The van der Waals surface area contributed by atoms with Gasteiger partial charge in [0.1, 0.15) is 12.0 Å². The zero-order chi connectivity index (χ0) is 17.0. The van der Waals surface area contributed by atoms with Gasteiger partial charge < -0.3 is 11.1 Å². The van der Waals surface area contributed by atoms with Crippen LogP contribution in [0, 0.1) is 17.0 Å². The first-order valence-corrected chi connectivity index (χ1v) is 6.96. The molecule has 1 aromatic heterocycles. The van der Waals surface area contributed by atoms with E-state index in [0.29, 0.717) is 17.9 Å². The van der Waals surface area contributed by atoms with Gasteiger partial charge in [-0.2, -0.15) is 0 Å². The molecule has 0 saturated carbocycles. The predicted molar refractivity (Wildman–Crippen MR) is 86.1 cm³/mol. The first-order chi connectivity index (χ1) is 10.9. The van der Waals surface area contributed by atoms with Crippen LogP contribution >= 0.6 is 0 Å². The Kier molecular flexibility index (Phi) is 4.85. The SMILES string of the molecule is CC(=O)[C@H](Cc1ccc(N)cc1)Nc1nc(C)ncc1[N+](=O)[O-]. The molecule has 0 bridgehead atoms. The van der Waals surface area contributed by atoms with Crippen molar-refractivity contribution in [2.24, 2.45) is 0 Å². The molecule has 0 spiro atoms. The lowest BCUT2D eigenvalue weighted by Crippen LogP contribution is -2.30. The van der Waals surface area contributed by atoms with E-state index in [1.165, 1.54) is 6.92 Å². The van der Waals surface area contributed by atoms with Gasteiger partial charge in [-0.1, -0.05) is 12.1 Å². The number of carbonyl (C=O) groups excluding carboxylic acids is 1. The Labute approximate surface area is 132 Å². The second kappa shape index (κ2) is 6.82. The Balaban J connectivity index is 2.26. The Morgan fingerprint density at radius 1 is 1.39 bits per heavy atom. The molecule has 2 rings (SSSR count). The Morgan fingerprint density at radius 3 is 2.61 bits per heavy atom. The number of benzene rings is 1. The van der Waals surface area contributed by atoms with Crippen LogP contribution in [0.3, 0.4) is 0 Å².